The zero-order chi connectivity index (χ0) is 26.9. The summed E-state index contributed by atoms with van der Waals surface area (Å²) in [5.41, 5.74) is 2.60. The van der Waals surface area contributed by atoms with E-state index in [1.54, 1.807) is 0 Å². The number of halogens is 1. The molecule has 0 amide bonds. The predicted octanol–water partition coefficient (Wildman–Crippen LogP) is 6.27. The van der Waals surface area contributed by atoms with Crippen LogP contribution in [0.5, 0.6) is 0 Å². The van der Waals surface area contributed by atoms with E-state index >= 15 is 4.39 Å². The van der Waals surface area contributed by atoms with Gasteiger partial charge in [-0.3, -0.25) is 4.79 Å². The molecule has 1 heterocycles. The van der Waals surface area contributed by atoms with Gasteiger partial charge in [-0.2, -0.15) is 0 Å². The van der Waals surface area contributed by atoms with E-state index in [0.717, 1.165) is 44.9 Å². The molecule has 2 fully saturated rings. The van der Waals surface area contributed by atoms with Gasteiger partial charge in [-0.1, -0.05) is 48.6 Å². The Labute approximate surface area is 227 Å². The van der Waals surface area contributed by atoms with E-state index in [2.05, 4.69) is 24.3 Å². The van der Waals surface area contributed by atoms with Crippen LogP contribution in [0, 0.1) is 17.8 Å². The van der Waals surface area contributed by atoms with Gasteiger partial charge >= 0.3 is 5.97 Å². The van der Waals surface area contributed by atoms with Crippen molar-refractivity contribution in [2.45, 2.75) is 109 Å². The Morgan fingerprint density at radius 1 is 1.18 bits per heavy atom. The van der Waals surface area contributed by atoms with Gasteiger partial charge in [0.05, 0.1) is 18.3 Å². The molecule has 1 aromatic rings. The summed E-state index contributed by atoms with van der Waals surface area (Å²) >= 11 is 0. The molecule has 0 aromatic heterocycles. The molecule has 4 rings (SSSR count). The van der Waals surface area contributed by atoms with Crippen molar-refractivity contribution >= 4 is 5.97 Å². The first-order valence-corrected chi connectivity index (χ1v) is 14.6. The first-order valence-electron chi connectivity index (χ1n) is 14.6. The molecule has 1 aromatic carbocycles. The smallest absolute Gasteiger partial charge is 0.306 e. The minimum Gasteiger partial charge on any atom is -0.463 e. The molecule has 38 heavy (non-hydrogen) atoms. The summed E-state index contributed by atoms with van der Waals surface area (Å²) in [6.45, 7) is 4.40. The molecule has 1 unspecified atom stereocenters. The molecule has 1 saturated carbocycles. The molecule has 0 bridgehead atoms. The van der Waals surface area contributed by atoms with Crippen molar-refractivity contribution in [3.05, 3.63) is 59.7 Å². The summed E-state index contributed by atoms with van der Waals surface area (Å²) in [6.07, 6.45) is 13.3. The molecule has 210 valence electrons. The van der Waals surface area contributed by atoms with E-state index in [-0.39, 0.29) is 42.2 Å². The fourth-order valence-corrected chi connectivity index (χ4v) is 6.10. The van der Waals surface area contributed by atoms with Crippen LogP contribution in [0.3, 0.4) is 0 Å². The van der Waals surface area contributed by atoms with Crippen LogP contribution in [0.15, 0.2) is 48.6 Å². The van der Waals surface area contributed by atoms with Gasteiger partial charge in [0.1, 0.15) is 6.17 Å². The third-order valence-electron chi connectivity index (χ3n) is 8.10. The average Bonchev–Trinajstić information content (AvgIpc) is 3.45. The van der Waals surface area contributed by atoms with Gasteiger partial charge in [-0.25, -0.2) is 4.39 Å². The normalized spacial score (nSPS) is 28.9. The molecule has 0 spiro atoms. The average molecular weight is 529 g/mol. The van der Waals surface area contributed by atoms with Crippen molar-refractivity contribution in [3.8, 4) is 0 Å². The van der Waals surface area contributed by atoms with Crippen molar-refractivity contribution in [1.29, 1.82) is 0 Å². The summed E-state index contributed by atoms with van der Waals surface area (Å²) in [4.78, 5) is 11.7. The van der Waals surface area contributed by atoms with Crippen molar-refractivity contribution < 1.29 is 28.5 Å². The van der Waals surface area contributed by atoms with Gasteiger partial charge in [-0.05, 0) is 88.2 Å². The Morgan fingerprint density at radius 2 is 1.95 bits per heavy atom. The molecular weight excluding hydrogens is 483 g/mol. The molecule has 0 radical (unpaired) electrons. The summed E-state index contributed by atoms with van der Waals surface area (Å²) < 4.78 is 32.7. The van der Waals surface area contributed by atoms with Crippen LogP contribution < -0.4 is 0 Å². The lowest BCUT2D eigenvalue weighted by molar-refractivity contribution is -0.195. The largest absolute Gasteiger partial charge is 0.463 e. The van der Waals surface area contributed by atoms with Crippen molar-refractivity contribution in [1.82, 2.24) is 0 Å². The molecule has 2 aliphatic carbocycles. The maximum Gasteiger partial charge on any atom is 0.306 e. The van der Waals surface area contributed by atoms with Gasteiger partial charge in [0.25, 0.3) is 0 Å². The van der Waals surface area contributed by atoms with Crippen LogP contribution in [0.25, 0.3) is 0 Å². The van der Waals surface area contributed by atoms with E-state index in [1.165, 1.54) is 11.1 Å². The summed E-state index contributed by atoms with van der Waals surface area (Å²) in [5, 5.41) is 10.9. The number of alkyl halides is 1. The lowest BCUT2D eigenvalue weighted by atomic mass is 9.88. The third kappa shape index (κ3) is 8.24. The van der Waals surface area contributed by atoms with Gasteiger partial charge in [-0.15, -0.1) is 0 Å². The van der Waals surface area contributed by atoms with Crippen LogP contribution in [-0.4, -0.2) is 48.5 Å². The van der Waals surface area contributed by atoms with Gasteiger partial charge in [0.2, 0.25) is 0 Å². The van der Waals surface area contributed by atoms with E-state index < -0.39 is 12.3 Å². The minimum atomic E-state index is -1.02. The number of unbranched alkanes of at least 4 members (excludes halogenated alkanes) is 1. The van der Waals surface area contributed by atoms with Crippen LogP contribution in [0.4, 0.5) is 4.39 Å². The third-order valence-corrected chi connectivity index (χ3v) is 8.10. The Bertz CT molecular complexity index is 913. The Kier molecular flexibility index (Phi) is 11.0. The van der Waals surface area contributed by atoms with Crippen LogP contribution in [0.1, 0.15) is 76.3 Å². The molecule has 1 N–H and O–H groups in total. The highest BCUT2D eigenvalue weighted by Crippen LogP contribution is 2.41. The molecule has 1 saturated heterocycles. The Hall–Kier alpha value is -2.02. The topological polar surface area (TPSA) is 65.0 Å². The van der Waals surface area contributed by atoms with Gasteiger partial charge in [0.15, 0.2) is 6.29 Å². The fraction of sp³-hybridized carbons (Fsp3) is 0.656. The lowest BCUT2D eigenvalue weighted by Crippen LogP contribution is -2.31. The zero-order valence-electron chi connectivity index (χ0n) is 23.0. The second-order valence-electron chi connectivity index (χ2n) is 11.4. The molecular formula is C32H45FO5. The number of esters is 1. The monoisotopic (exact) mass is 528 g/mol. The Balaban J connectivity index is 1.35. The first kappa shape index (κ1) is 29.0. The number of hydrogen-bond donors (Lipinski definition) is 1. The summed E-state index contributed by atoms with van der Waals surface area (Å²) in [6, 6.07) is 8.35. The number of hydrogen-bond acceptors (Lipinski definition) is 5. The summed E-state index contributed by atoms with van der Waals surface area (Å²) in [7, 11) is 0. The number of ether oxygens (including phenoxy) is 3. The molecule has 6 atom stereocenters. The highest BCUT2D eigenvalue weighted by molar-refractivity contribution is 5.69. The van der Waals surface area contributed by atoms with E-state index in [9.17, 15) is 9.90 Å². The highest BCUT2D eigenvalue weighted by atomic mass is 19.1. The van der Waals surface area contributed by atoms with Crippen molar-refractivity contribution in [2.75, 3.05) is 6.61 Å². The maximum atomic E-state index is 15.4. The number of aliphatic hydroxyl groups excluding tert-OH is 1. The van der Waals surface area contributed by atoms with Gasteiger partial charge < -0.3 is 19.3 Å². The lowest BCUT2D eigenvalue weighted by Gasteiger charge is -2.29. The first-order chi connectivity index (χ1) is 18.4. The molecule has 3 aliphatic rings. The van der Waals surface area contributed by atoms with Gasteiger partial charge in [0, 0.05) is 25.4 Å². The highest BCUT2D eigenvalue weighted by Gasteiger charge is 2.43. The molecule has 1 aliphatic heterocycles. The Morgan fingerprint density at radius 3 is 2.63 bits per heavy atom. The number of allylic oxidation sites excluding steroid dienone is 3. The van der Waals surface area contributed by atoms with Crippen molar-refractivity contribution in [2.24, 2.45) is 17.8 Å². The number of aliphatic hydroxyl groups is 1. The summed E-state index contributed by atoms with van der Waals surface area (Å²) in [5.74, 6) is -0.374. The standard InChI is InChI=1S/C32H45FO5/c1-22(2)37-31(35)14-6-4-3-5-13-27-26(28(33)21-30(27)38-32-15-9-10-18-36-32)16-17-29(34)25-19-23-11-7-8-12-24(23)20-25/h3,5,7-8,11-12,16-17,22,25-30,32,34H,4,6,9-10,13-15,18-21H2,1-2H3/b5-3-,17-16+/t26-,27-,28+,29-,30+,32?/m1/s1. The second-order valence-corrected chi connectivity index (χ2v) is 11.4. The fourth-order valence-electron chi connectivity index (χ4n) is 6.10. The number of carbonyl (C=O) groups is 1. The van der Waals surface area contributed by atoms with Crippen LogP contribution >= 0.6 is 0 Å². The van der Waals surface area contributed by atoms with Crippen LogP contribution in [0.2, 0.25) is 0 Å². The van der Waals surface area contributed by atoms with Crippen molar-refractivity contribution in [3.63, 3.8) is 0 Å². The zero-order valence-corrected chi connectivity index (χ0v) is 23.0. The number of benzene rings is 1. The number of rotatable bonds is 12. The van der Waals surface area contributed by atoms with E-state index in [0.29, 0.717) is 25.9 Å². The van der Waals surface area contributed by atoms with E-state index in [4.69, 9.17) is 14.2 Å². The predicted molar refractivity (Wildman–Crippen MR) is 146 cm³/mol. The number of fused-ring (bicyclic) bond motifs is 1. The van der Waals surface area contributed by atoms with Crippen LogP contribution in [-0.2, 0) is 31.8 Å². The van der Waals surface area contributed by atoms with E-state index in [1.807, 2.05) is 38.1 Å². The molecule has 5 nitrogen and oxygen atoms in total. The SMILES string of the molecule is CC(C)OC(=O)CCC/C=C\C[C@@H]1[C@@H](/C=C/[C@@H](O)C2Cc3ccccc3C2)[C@@H](F)C[C@@H]1OC1CCCCO1. The number of carbonyl (C=O) groups excluding carboxylic acids is 1. The molecule has 6 heteroatoms. The second kappa shape index (κ2) is 14.4. The minimum absolute atomic E-state index is 0.0260. The maximum absolute atomic E-state index is 15.4. The quantitative estimate of drug-likeness (QED) is 0.197.